The van der Waals surface area contributed by atoms with Crippen molar-refractivity contribution >= 4 is 0 Å². The molecule has 5 heterocycles. The summed E-state index contributed by atoms with van der Waals surface area (Å²) in [5.74, 6) is 0. The SMILES string of the molecule is C1CCNCC1.CC.CC.CC.CC.CC.CC.CC.CN1CCCCC1.CN1CCN(C)CC1.c1ccncc1.c1cnccn1. The smallest absolute Gasteiger partial charge is 0.0451 e. The van der Waals surface area contributed by atoms with Gasteiger partial charge < -0.3 is 20.0 Å². The molecule has 5 rings (SSSR count). The molecule has 0 aromatic carbocycles. The summed E-state index contributed by atoms with van der Waals surface area (Å²) >= 11 is 0. The van der Waals surface area contributed by atoms with Crippen molar-refractivity contribution in [3.63, 3.8) is 0 Å². The van der Waals surface area contributed by atoms with Gasteiger partial charge in [0.1, 0.15) is 0 Å². The summed E-state index contributed by atoms with van der Waals surface area (Å²) in [4.78, 5) is 18.3. The Kier molecular flexibility index (Phi) is 90.5. The van der Waals surface area contributed by atoms with Crippen LogP contribution in [0, 0.1) is 0 Å². The normalized spacial score (nSPS) is 14.2. The molecule has 3 saturated heterocycles. The number of pyridine rings is 1. The van der Waals surface area contributed by atoms with Crippen LogP contribution in [-0.2, 0) is 0 Å². The van der Waals surface area contributed by atoms with Crippen molar-refractivity contribution in [3.8, 4) is 0 Å². The quantitative estimate of drug-likeness (QED) is 0.300. The lowest BCUT2D eigenvalue weighted by molar-refractivity contribution is 0.181. The van der Waals surface area contributed by atoms with E-state index in [2.05, 4.69) is 56.1 Å². The second-order valence-corrected chi connectivity index (χ2v) is 8.70. The van der Waals surface area contributed by atoms with E-state index in [0.717, 1.165) is 0 Å². The van der Waals surface area contributed by atoms with Gasteiger partial charge in [-0.05, 0) is 85.1 Å². The highest BCUT2D eigenvalue weighted by Gasteiger charge is 2.07. The van der Waals surface area contributed by atoms with Crippen LogP contribution >= 0.6 is 0 Å². The third-order valence-electron chi connectivity index (χ3n) is 5.56. The number of hydrogen-bond donors (Lipinski definition) is 1. The molecule has 0 unspecified atom stereocenters. The summed E-state index contributed by atoms with van der Waals surface area (Å²) in [7, 11) is 6.54. The molecule has 0 saturated carbocycles. The lowest BCUT2D eigenvalue weighted by Gasteiger charge is -2.28. The fraction of sp³-hybridized carbons (Fsp3) is 0.775. The molecule has 2 aromatic heterocycles. The van der Waals surface area contributed by atoms with E-state index in [-0.39, 0.29) is 0 Å². The Balaban J connectivity index is -0.0000000780. The first kappa shape index (κ1) is 60.4. The Morgan fingerprint density at radius 2 is 0.617 bits per heavy atom. The minimum Gasteiger partial charge on any atom is -0.317 e. The van der Waals surface area contributed by atoms with Crippen molar-refractivity contribution in [3.05, 3.63) is 55.4 Å². The lowest BCUT2D eigenvalue weighted by Crippen LogP contribution is -2.42. The van der Waals surface area contributed by atoms with Crippen molar-refractivity contribution in [2.24, 2.45) is 0 Å². The zero-order valence-electron chi connectivity index (χ0n) is 35.3. The second kappa shape index (κ2) is 70.4. The minimum absolute atomic E-state index is 1.23. The molecule has 7 nitrogen and oxygen atoms in total. The van der Waals surface area contributed by atoms with Crippen LogP contribution < -0.4 is 5.32 Å². The molecule has 284 valence electrons. The van der Waals surface area contributed by atoms with Crippen LogP contribution in [0.2, 0.25) is 0 Å². The highest BCUT2D eigenvalue weighted by atomic mass is 15.2. The molecule has 0 bridgehead atoms. The van der Waals surface area contributed by atoms with Crippen molar-refractivity contribution < 1.29 is 0 Å². The van der Waals surface area contributed by atoms with Gasteiger partial charge in [0.2, 0.25) is 0 Å². The summed E-state index contributed by atoms with van der Waals surface area (Å²) in [6, 6.07) is 5.72. The van der Waals surface area contributed by atoms with Gasteiger partial charge in [-0.1, -0.05) is 116 Å². The summed E-state index contributed by atoms with van der Waals surface area (Å²) < 4.78 is 0. The highest BCUT2D eigenvalue weighted by Crippen LogP contribution is 2.04. The predicted molar refractivity (Wildman–Crippen MR) is 219 cm³/mol. The third kappa shape index (κ3) is 67.2. The zero-order chi connectivity index (χ0) is 37.8. The molecule has 47 heavy (non-hydrogen) atoms. The topological polar surface area (TPSA) is 60.4 Å². The Bertz CT molecular complexity index is 494. The number of likely N-dealkylation sites (N-methyl/N-ethyl adjacent to an activating group) is 2. The van der Waals surface area contributed by atoms with E-state index in [1.165, 1.54) is 90.9 Å². The standard InChI is InChI=1S/C6H14N2.C6H13N.C5H11N.C5H5N.C4H4N2.7C2H6/c1-7-3-5-8(2)6-4-7;1-7-5-3-2-4-6-7;2*1-2-4-6-5-3-1;1-2-6-4-3-5-1;7*1-2/h3-6H2,1-2H3;2-6H2,1H3;6H,1-5H2;1-5H;1-4H;7*1-2H3. The van der Waals surface area contributed by atoms with E-state index < -0.39 is 0 Å². The van der Waals surface area contributed by atoms with E-state index >= 15 is 0 Å². The fourth-order valence-corrected chi connectivity index (χ4v) is 3.33. The molecule has 3 aliphatic rings. The van der Waals surface area contributed by atoms with Crippen LogP contribution in [0.15, 0.2) is 55.4 Å². The molecule has 2 aromatic rings. The second-order valence-electron chi connectivity index (χ2n) is 8.70. The van der Waals surface area contributed by atoms with E-state index in [0.29, 0.717) is 0 Å². The Hall–Kier alpha value is -1.93. The first-order valence-electron chi connectivity index (χ1n) is 19.5. The van der Waals surface area contributed by atoms with Gasteiger partial charge in [-0.2, -0.15) is 0 Å². The number of nitrogens with one attached hydrogen (secondary N) is 1. The first-order valence-corrected chi connectivity index (χ1v) is 19.5. The molecular formula is C40H89N7. The van der Waals surface area contributed by atoms with Gasteiger partial charge in [-0.15, -0.1) is 0 Å². The maximum absolute atomic E-state index is 3.78. The van der Waals surface area contributed by atoms with Crippen molar-refractivity contribution in [2.45, 2.75) is 135 Å². The van der Waals surface area contributed by atoms with Gasteiger partial charge in [0.15, 0.2) is 0 Å². The van der Waals surface area contributed by atoms with E-state index in [1.807, 2.05) is 115 Å². The maximum atomic E-state index is 3.78. The Morgan fingerprint density at radius 3 is 0.766 bits per heavy atom. The summed E-state index contributed by atoms with van der Waals surface area (Å²) in [6.45, 7) is 38.1. The first-order chi connectivity index (χ1) is 23.2. The average molecular weight is 668 g/mol. The Morgan fingerprint density at radius 1 is 0.340 bits per heavy atom. The van der Waals surface area contributed by atoms with E-state index in [4.69, 9.17) is 0 Å². The van der Waals surface area contributed by atoms with E-state index in [9.17, 15) is 0 Å². The van der Waals surface area contributed by atoms with Crippen molar-refractivity contribution in [2.75, 3.05) is 73.5 Å². The minimum atomic E-state index is 1.23. The van der Waals surface area contributed by atoms with Gasteiger partial charge >= 0.3 is 0 Å². The Labute approximate surface area is 298 Å². The molecular weight excluding hydrogens is 578 g/mol. The van der Waals surface area contributed by atoms with Crippen LogP contribution in [0.4, 0.5) is 0 Å². The summed E-state index contributed by atoms with van der Waals surface area (Å²) in [5.41, 5.74) is 0. The van der Waals surface area contributed by atoms with Gasteiger partial charge in [-0.3, -0.25) is 15.0 Å². The van der Waals surface area contributed by atoms with Gasteiger partial charge in [-0.25, -0.2) is 0 Å². The van der Waals surface area contributed by atoms with Crippen LogP contribution in [0.3, 0.4) is 0 Å². The summed E-state index contributed by atoms with van der Waals surface area (Å²) in [6.07, 6.45) is 18.5. The molecule has 0 atom stereocenters. The number of hydrogen-bond acceptors (Lipinski definition) is 7. The van der Waals surface area contributed by atoms with Gasteiger partial charge in [0.05, 0.1) is 0 Å². The van der Waals surface area contributed by atoms with Crippen LogP contribution in [0.1, 0.15) is 135 Å². The average Bonchev–Trinajstić information content (AvgIpc) is 3.22. The number of nitrogens with zero attached hydrogens (tertiary/aromatic N) is 6. The molecule has 1 N–H and O–H groups in total. The largest absolute Gasteiger partial charge is 0.317 e. The number of rotatable bonds is 0. The predicted octanol–water partition coefficient (Wildman–Crippen LogP) is 10.5. The molecule has 0 aliphatic carbocycles. The lowest BCUT2D eigenvalue weighted by atomic mass is 10.1. The van der Waals surface area contributed by atoms with E-state index in [1.54, 1.807) is 37.2 Å². The molecule has 0 radical (unpaired) electrons. The summed E-state index contributed by atoms with van der Waals surface area (Å²) in [5, 5.41) is 3.28. The van der Waals surface area contributed by atoms with Crippen molar-refractivity contribution in [1.29, 1.82) is 0 Å². The monoisotopic (exact) mass is 668 g/mol. The van der Waals surface area contributed by atoms with Crippen LogP contribution in [0.25, 0.3) is 0 Å². The highest BCUT2D eigenvalue weighted by molar-refractivity contribution is 4.88. The molecule has 7 heteroatoms. The maximum Gasteiger partial charge on any atom is 0.0451 e. The zero-order valence-corrected chi connectivity index (χ0v) is 35.3. The molecule has 3 fully saturated rings. The third-order valence-corrected chi connectivity index (χ3v) is 5.56. The van der Waals surface area contributed by atoms with Crippen LogP contribution in [-0.4, -0.2) is 103 Å². The van der Waals surface area contributed by atoms with Crippen molar-refractivity contribution in [1.82, 2.24) is 35.0 Å². The molecule has 3 aliphatic heterocycles. The number of aromatic nitrogens is 3. The number of piperazine rings is 1. The van der Waals surface area contributed by atoms with Gasteiger partial charge in [0, 0.05) is 63.4 Å². The van der Waals surface area contributed by atoms with Crippen LogP contribution in [0.5, 0.6) is 0 Å². The molecule has 0 amide bonds. The fourth-order valence-electron chi connectivity index (χ4n) is 3.33. The number of likely N-dealkylation sites (tertiary alicyclic amines) is 1. The number of piperidine rings is 2. The molecule has 0 spiro atoms. The van der Waals surface area contributed by atoms with Gasteiger partial charge in [0.25, 0.3) is 0 Å².